The van der Waals surface area contributed by atoms with Gasteiger partial charge in [0.2, 0.25) is 5.82 Å². The standard InChI is InChI=1S/C10H4F6O5/c11-3-1(9(17)18)2(10(19)20)4(12)6(5(3)13)21-8(16)7(14)15/h7-8H,(H,17,18)(H,19,20). The van der Waals surface area contributed by atoms with Gasteiger partial charge in [0.15, 0.2) is 17.4 Å². The van der Waals surface area contributed by atoms with Crippen LogP contribution in [0, 0.1) is 17.5 Å². The van der Waals surface area contributed by atoms with E-state index in [1.807, 2.05) is 0 Å². The Morgan fingerprint density at radius 3 is 1.67 bits per heavy atom. The van der Waals surface area contributed by atoms with Gasteiger partial charge in [0, 0.05) is 0 Å². The SMILES string of the molecule is O=C(O)c1c(F)c(F)c(OC(F)C(F)F)c(F)c1C(=O)O. The highest BCUT2D eigenvalue weighted by molar-refractivity contribution is 6.02. The Morgan fingerprint density at radius 2 is 1.29 bits per heavy atom. The van der Waals surface area contributed by atoms with Crippen molar-refractivity contribution < 1.29 is 50.9 Å². The summed E-state index contributed by atoms with van der Waals surface area (Å²) in [6.45, 7) is 0. The van der Waals surface area contributed by atoms with Crippen LogP contribution in [0.3, 0.4) is 0 Å². The number of alkyl halides is 3. The number of halogens is 6. The lowest BCUT2D eigenvalue weighted by Gasteiger charge is -2.15. The summed E-state index contributed by atoms with van der Waals surface area (Å²) < 4.78 is 80.2. The van der Waals surface area contributed by atoms with Crippen molar-refractivity contribution in [3.8, 4) is 5.75 Å². The number of hydrogen-bond acceptors (Lipinski definition) is 3. The number of hydrogen-bond donors (Lipinski definition) is 2. The Balaban J connectivity index is 3.62. The monoisotopic (exact) mass is 318 g/mol. The summed E-state index contributed by atoms with van der Waals surface area (Å²) in [5, 5.41) is 17.1. The summed E-state index contributed by atoms with van der Waals surface area (Å²) in [6, 6.07) is 0. The molecule has 116 valence electrons. The maximum atomic E-state index is 13.6. The van der Waals surface area contributed by atoms with Gasteiger partial charge in [0.25, 0.3) is 6.36 Å². The molecule has 0 saturated carbocycles. The van der Waals surface area contributed by atoms with E-state index in [1.165, 1.54) is 0 Å². The van der Waals surface area contributed by atoms with Crippen molar-refractivity contribution in [3.05, 3.63) is 28.6 Å². The van der Waals surface area contributed by atoms with E-state index >= 15 is 0 Å². The topological polar surface area (TPSA) is 83.8 Å². The molecule has 5 nitrogen and oxygen atoms in total. The van der Waals surface area contributed by atoms with E-state index in [4.69, 9.17) is 10.2 Å². The molecular formula is C10H4F6O5. The molecule has 0 aliphatic heterocycles. The van der Waals surface area contributed by atoms with E-state index in [9.17, 15) is 35.9 Å². The van der Waals surface area contributed by atoms with Gasteiger partial charge >= 0.3 is 18.4 Å². The first kappa shape index (κ1) is 16.6. The maximum Gasteiger partial charge on any atom is 0.339 e. The molecule has 0 fully saturated rings. The van der Waals surface area contributed by atoms with Crippen LogP contribution in [0.5, 0.6) is 5.75 Å². The number of carbonyl (C=O) groups is 2. The van der Waals surface area contributed by atoms with Crippen LogP contribution in [-0.4, -0.2) is 34.9 Å². The van der Waals surface area contributed by atoms with Crippen LogP contribution >= 0.6 is 0 Å². The summed E-state index contributed by atoms with van der Waals surface area (Å²) in [5.74, 6) is -13.9. The van der Waals surface area contributed by atoms with Crippen molar-refractivity contribution in [3.63, 3.8) is 0 Å². The molecule has 0 heterocycles. The molecular weight excluding hydrogens is 314 g/mol. The lowest BCUT2D eigenvalue weighted by molar-refractivity contribution is -0.0705. The second kappa shape index (κ2) is 5.89. The van der Waals surface area contributed by atoms with Gasteiger partial charge in [-0.05, 0) is 0 Å². The van der Waals surface area contributed by atoms with Crippen LogP contribution in [0.25, 0.3) is 0 Å². The quantitative estimate of drug-likeness (QED) is 0.643. The average Bonchev–Trinajstić information content (AvgIpc) is 2.37. The first-order valence-electron chi connectivity index (χ1n) is 4.85. The molecule has 1 unspecified atom stereocenters. The summed E-state index contributed by atoms with van der Waals surface area (Å²) in [5.41, 5.74) is -3.78. The second-order valence-corrected chi connectivity index (χ2v) is 3.43. The molecule has 2 N–H and O–H groups in total. The maximum absolute atomic E-state index is 13.6. The molecule has 1 atom stereocenters. The summed E-state index contributed by atoms with van der Waals surface area (Å²) in [7, 11) is 0. The average molecular weight is 318 g/mol. The largest absolute Gasteiger partial charge is 0.478 e. The second-order valence-electron chi connectivity index (χ2n) is 3.43. The molecule has 11 heteroatoms. The molecule has 1 aromatic rings. The van der Waals surface area contributed by atoms with Gasteiger partial charge in [-0.2, -0.15) is 8.78 Å². The van der Waals surface area contributed by atoms with E-state index in [2.05, 4.69) is 4.74 Å². The van der Waals surface area contributed by atoms with Crippen LogP contribution in [-0.2, 0) is 0 Å². The minimum atomic E-state index is -3.86. The molecule has 0 spiro atoms. The van der Waals surface area contributed by atoms with Crippen molar-refractivity contribution in [2.45, 2.75) is 12.8 Å². The fourth-order valence-electron chi connectivity index (χ4n) is 1.31. The van der Waals surface area contributed by atoms with E-state index in [1.54, 1.807) is 0 Å². The molecule has 1 aromatic carbocycles. The molecule has 0 saturated heterocycles. The molecule has 0 aliphatic carbocycles. The van der Waals surface area contributed by atoms with Gasteiger partial charge in [-0.3, -0.25) is 0 Å². The van der Waals surface area contributed by atoms with E-state index < -0.39 is 59.0 Å². The number of benzene rings is 1. The lowest BCUT2D eigenvalue weighted by Crippen LogP contribution is -2.23. The zero-order chi connectivity index (χ0) is 16.5. The van der Waals surface area contributed by atoms with Crippen LogP contribution in [0.2, 0.25) is 0 Å². The summed E-state index contributed by atoms with van der Waals surface area (Å²) in [4.78, 5) is 21.3. The fourth-order valence-corrected chi connectivity index (χ4v) is 1.31. The van der Waals surface area contributed by atoms with Crippen molar-refractivity contribution in [2.24, 2.45) is 0 Å². The van der Waals surface area contributed by atoms with Crippen molar-refractivity contribution in [1.29, 1.82) is 0 Å². The van der Waals surface area contributed by atoms with Gasteiger partial charge in [0.05, 0.1) is 0 Å². The van der Waals surface area contributed by atoms with Crippen molar-refractivity contribution in [1.82, 2.24) is 0 Å². The van der Waals surface area contributed by atoms with Crippen molar-refractivity contribution in [2.75, 3.05) is 0 Å². The van der Waals surface area contributed by atoms with Crippen LogP contribution < -0.4 is 4.74 Å². The number of carboxylic acid groups (broad SMARTS) is 2. The van der Waals surface area contributed by atoms with Crippen LogP contribution in [0.1, 0.15) is 20.7 Å². The van der Waals surface area contributed by atoms with Crippen LogP contribution in [0.4, 0.5) is 26.3 Å². The Morgan fingerprint density at radius 1 is 0.857 bits per heavy atom. The Bertz CT molecular complexity index is 602. The Kier molecular flexibility index (Phi) is 4.66. The third-order valence-electron chi connectivity index (χ3n) is 2.14. The molecule has 0 amide bonds. The molecule has 1 rings (SSSR count). The zero-order valence-corrected chi connectivity index (χ0v) is 9.54. The Labute approximate surface area is 111 Å². The Hall–Kier alpha value is -2.46. The van der Waals surface area contributed by atoms with Gasteiger partial charge in [-0.15, -0.1) is 0 Å². The third kappa shape index (κ3) is 3.01. The summed E-state index contributed by atoms with van der Waals surface area (Å²) in [6.07, 6.45) is -7.44. The minimum Gasteiger partial charge on any atom is -0.478 e. The molecule has 0 bridgehead atoms. The predicted octanol–water partition coefficient (Wildman–Crippen LogP) is 2.44. The first-order valence-corrected chi connectivity index (χ1v) is 4.85. The predicted molar refractivity (Wildman–Crippen MR) is 51.8 cm³/mol. The highest BCUT2D eigenvalue weighted by Crippen LogP contribution is 2.32. The normalized spacial score (nSPS) is 12.3. The van der Waals surface area contributed by atoms with Gasteiger partial charge in [0.1, 0.15) is 11.1 Å². The third-order valence-corrected chi connectivity index (χ3v) is 2.14. The minimum absolute atomic E-state index is 1.89. The van der Waals surface area contributed by atoms with E-state index in [0.29, 0.717) is 0 Å². The van der Waals surface area contributed by atoms with Gasteiger partial charge < -0.3 is 14.9 Å². The molecule has 0 aliphatic rings. The molecule has 21 heavy (non-hydrogen) atoms. The fraction of sp³-hybridized carbons (Fsp3) is 0.200. The molecule has 0 aromatic heterocycles. The number of ether oxygens (including phenoxy) is 1. The van der Waals surface area contributed by atoms with Gasteiger partial charge in [-0.25, -0.2) is 27.2 Å². The number of rotatable bonds is 5. The van der Waals surface area contributed by atoms with Gasteiger partial charge in [-0.1, -0.05) is 0 Å². The van der Waals surface area contributed by atoms with E-state index in [0.717, 1.165) is 0 Å². The molecule has 0 radical (unpaired) electrons. The smallest absolute Gasteiger partial charge is 0.339 e. The summed E-state index contributed by atoms with van der Waals surface area (Å²) >= 11 is 0. The van der Waals surface area contributed by atoms with Crippen LogP contribution in [0.15, 0.2) is 0 Å². The van der Waals surface area contributed by atoms with Crippen molar-refractivity contribution >= 4 is 11.9 Å². The van der Waals surface area contributed by atoms with E-state index in [-0.39, 0.29) is 0 Å². The number of aromatic carboxylic acids is 2. The highest BCUT2D eigenvalue weighted by Gasteiger charge is 2.35. The lowest BCUT2D eigenvalue weighted by atomic mass is 10.0. The first-order chi connectivity index (χ1) is 9.59. The zero-order valence-electron chi connectivity index (χ0n) is 9.54. The highest BCUT2D eigenvalue weighted by atomic mass is 19.3. The number of carboxylic acids is 2.